The monoisotopic (exact) mass is 355 g/mol. The lowest BCUT2D eigenvalue weighted by molar-refractivity contribution is -0.104. The Morgan fingerprint density at radius 3 is 3.08 bits per heavy atom. The number of nitrogens with one attached hydrogen (secondary N) is 1. The smallest absolute Gasteiger partial charge is 0.253 e. The molecule has 2 aromatic rings. The molecular weight excluding hydrogens is 338 g/mol. The van der Waals surface area contributed by atoms with E-state index in [-0.39, 0.29) is 11.8 Å². The maximum Gasteiger partial charge on any atom is 0.253 e. The molecule has 1 aliphatic carbocycles. The van der Waals surface area contributed by atoms with Crippen molar-refractivity contribution in [2.75, 3.05) is 5.88 Å². The summed E-state index contributed by atoms with van der Waals surface area (Å²) in [6.07, 6.45) is 6.80. The van der Waals surface area contributed by atoms with Crippen molar-refractivity contribution in [3.63, 3.8) is 0 Å². The molecule has 0 saturated heterocycles. The van der Waals surface area contributed by atoms with Gasteiger partial charge >= 0.3 is 0 Å². The van der Waals surface area contributed by atoms with E-state index in [0.717, 1.165) is 30.5 Å². The summed E-state index contributed by atoms with van der Waals surface area (Å²) < 4.78 is 5.25. The van der Waals surface area contributed by atoms with Crippen molar-refractivity contribution in [2.45, 2.75) is 19.3 Å². The number of hydrogen-bond donors (Lipinski definition) is 1. The van der Waals surface area contributed by atoms with Crippen LogP contribution in [0, 0.1) is 0 Å². The van der Waals surface area contributed by atoms with E-state index in [1.165, 1.54) is 18.0 Å². The Labute approximate surface area is 149 Å². The summed E-state index contributed by atoms with van der Waals surface area (Å²) in [6, 6.07) is 5.30. The van der Waals surface area contributed by atoms with Gasteiger partial charge in [0.1, 0.15) is 5.70 Å². The largest absolute Gasteiger partial charge is 0.463 e. The highest BCUT2D eigenvalue weighted by atomic mass is 32.2. The Morgan fingerprint density at radius 1 is 1.48 bits per heavy atom. The zero-order valence-corrected chi connectivity index (χ0v) is 14.3. The van der Waals surface area contributed by atoms with Crippen LogP contribution in [0.3, 0.4) is 0 Å². The van der Waals surface area contributed by atoms with Crippen LogP contribution in [0.25, 0.3) is 5.70 Å². The highest BCUT2D eigenvalue weighted by Gasteiger charge is 2.16. The summed E-state index contributed by atoms with van der Waals surface area (Å²) in [4.78, 5) is 32.2. The van der Waals surface area contributed by atoms with Crippen LogP contribution in [0.1, 0.15) is 33.8 Å². The molecule has 0 unspecified atom stereocenters. The number of allylic oxidation sites excluding steroid dienone is 1. The van der Waals surface area contributed by atoms with Gasteiger partial charge in [-0.25, -0.2) is 0 Å². The number of fused-ring (bicyclic) bond motifs is 1. The van der Waals surface area contributed by atoms with Gasteiger partial charge in [0.05, 0.1) is 22.6 Å². The summed E-state index contributed by atoms with van der Waals surface area (Å²) in [7, 11) is 0. The summed E-state index contributed by atoms with van der Waals surface area (Å²) in [5.41, 5.74) is 3.12. The lowest BCUT2D eigenvalue weighted by Crippen LogP contribution is -2.23. The number of hydrogen-bond acceptors (Lipinski definition) is 6. The zero-order valence-electron chi connectivity index (χ0n) is 13.5. The van der Waals surface area contributed by atoms with Crippen LogP contribution in [0.15, 0.2) is 45.0 Å². The predicted molar refractivity (Wildman–Crippen MR) is 97.4 cm³/mol. The number of carbonyl (C=O) groups excluding carboxylic acids is 2. The number of aliphatic imine (C=N–C) groups is 1. The Morgan fingerprint density at radius 2 is 2.36 bits per heavy atom. The second kappa shape index (κ2) is 7.94. The number of aromatic nitrogens is 1. The molecule has 7 heteroatoms. The van der Waals surface area contributed by atoms with Crippen LogP contribution < -0.4 is 5.32 Å². The normalized spacial score (nSPS) is 13.8. The van der Waals surface area contributed by atoms with Crippen molar-refractivity contribution < 1.29 is 14.0 Å². The van der Waals surface area contributed by atoms with E-state index in [2.05, 4.69) is 22.0 Å². The highest BCUT2D eigenvalue weighted by molar-refractivity contribution is 8.04. The number of rotatable bonds is 7. The molecular formula is C18H17N3O3S. The third kappa shape index (κ3) is 3.88. The zero-order chi connectivity index (χ0) is 17.6. The maximum absolute atomic E-state index is 12.3. The van der Waals surface area contributed by atoms with Gasteiger partial charge < -0.3 is 9.73 Å². The Hall–Kier alpha value is -2.67. The van der Waals surface area contributed by atoms with E-state index in [1.807, 2.05) is 6.07 Å². The lowest BCUT2D eigenvalue weighted by atomic mass is 10.1. The topological polar surface area (TPSA) is 84.6 Å². The Bertz CT molecular complexity index is 828. The standard InChI is InChI=1S/C18H17N3O3S/c1-19-17(15-6-3-7-24-15)16(10-22)25-11-21-18(23)13-8-12-4-2-5-14(12)20-9-13/h3,6-10H,1-2,4-5,11H2,(H,21,23)/b17-16-. The molecule has 128 valence electrons. The molecule has 0 spiro atoms. The molecule has 2 aromatic heterocycles. The van der Waals surface area contributed by atoms with Crippen LogP contribution in [-0.2, 0) is 17.6 Å². The van der Waals surface area contributed by atoms with Gasteiger partial charge in [-0.3, -0.25) is 19.6 Å². The lowest BCUT2D eigenvalue weighted by Gasteiger charge is -2.07. The molecule has 0 fully saturated rings. The van der Waals surface area contributed by atoms with Crippen LogP contribution in [0.2, 0.25) is 0 Å². The molecule has 0 atom stereocenters. The minimum absolute atomic E-state index is 0.217. The first-order valence-electron chi connectivity index (χ1n) is 7.81. The molecule has 3 rings (SSSR count). The van der Waals surface area contributed by atoms with Crippen molar-refractivity contribution in [2.24, 2.45) is 4.99 Å². The summed E-state index contributed by atoms with van der Waals surface area (Å²) >= 11 is 1.17. The minimum Gasteiger partial charge on any atom is -0.463 e. The van der Waals surface area contributed by atoms with Gasteiger partial charge in [0.25, 0.3) is 5.91 Å². The van der Waals surface area contributed by atoms with Gasteiger partial charge in [-0.2, -0.15) is 0 Å². The second-order valence-corrected chi connectivity index (χ2v) is 6.46. The maximum atomic E-state index is 12.3. The quantitative estimate of drug-likeness (QED) is 0.357. The van der Waals surface area contributed by atoms with E-state index >= 15 is 0 Å². The van der Waals surface area contributed by atoms with E-state index in [4.69, 9.17) is 4.42 Å². The van der Waals surface area contributed by atoms with Crippen molar-refractivity contribution in [3.8, 4) is 0 Å². The molecule has 6 nitrogen and oxygen atoms in total. The first kappa shape index (κ1) is 17.2. The first-order valence-corrected chi connectivity index (χ1v) is 8.80. The Balaban J connectivity index is 1.64. The van der Waals surface area contributed by atoms with Gasteiger partial charge in [0, 0.05) is 11.9 Å². The molecule has 0 aromatic carbocycles. The van der Waals surface area contributed by atoms with Crippen LogP contribution in [-0.4, -0.2) is 29.8 Å². The Kier molecular flexibility index (Phi) is 5.45. The fraction of sp³-hybridized carbons (Fsp3) is 0.222. The van der Waals surface area contributed by atoms with Crippen molar-refractivity contribution in [1.82, 2.24) is 10.3 Å². The van der Waals surface area contributed by atoms with E-state index < -0.39 is 0 Å². The van der Waals surface area contributed by atoms with Crippen molar-refractivity contribution >= 4 is 36.4 Å². The number of aryl methyl sites for hydroxylation is 2. The van der Waals surface area contributed by atoms with Gasteiger partial charge in [0.15, 0.2) is 12.0 Å². The number of carbonyl (C=O) groups is 2. The number of nitrogens with zero attached hydrogens (tertiary/aromatic N) is 2. The first-order chi connectivity index (χ1) is 12.2. The molecule has 0 aliphatic heterocycles. The summed E-state index contributed by atoms with van der Waals surface area (Å²) in [5, 5.41) is 2.78. The third-order valence-electron chi connectivity index (χ3n) is 3.90. The van der Waals surface area contributed by atoms with Crippen LogP contribution in [0.5, 0.6) is 0 Å². The number of pyridine rings is 1. The molecule has 2 heterocycles. The molecule has 0 radical (unpaired) electrons. The molecule has 25 heavy (non-hydrogen) atoms. The number of furan rings is 1. The average Bonchev–Trinajstić information content (AvgIpc) is 3.31. The molecule has 0 bridgehead atoms. The van der Waals surface area contributed by atoms with Crippen LogP contribution >= 0.6 is 11.8 Å². The fourth-order valence-corrected chi connectivity index (χ4v) is 3.41. The minimum atomic E-state index is -0.217. The van der Waals surface area contributed by atoms with Gasteiger partial charge in [-0.05, 0) is 49.7 Å². The van der Waals surface area contributed by atoms with E-state index in [0.29, 0.717) is 28.2 Å². The molecule has 1 aliphatic rings. The van der Waals surface area contributed by atoms with E-state index in [9.17, 15) is 9.59 Å². The number of amides is 1. The second-order valence-electron chi connectivity index (χ2n) is 5.44. The molecule has 1 amide bonds. The third-order valence-corrected chi connectivity index (χ3v) is 4.78. The van der Waals surface area contributed by atoms with E-state index in [1.54, 1.807) is 18.3 Å². The molecule has 1 N–H and O–H groups in total. The van der Waals surface area contributed by atoms with Gasteiger partial charge in [0.2, 0.25) is 0 Å². The highest BCUT2D eigenvalue weighted by Crippen LogP contribution is 2.26. The average molecular weight is 355 g/mol. The van der Waals surface area contributed by atoms with Crippen LogP contribution in [0.4, 0.5) is 0 Å². The molecule has 0 saturated carbocycles. The van der Waals surface area contributed by atoms with Crippen molar-refractivity contribution in [1.29, 1.82) is 0 Å². The van der Waals surface area contributed by atoms with Gasteiger partial charge in [-0.1, -0.05) is 11.8 Å². The number of aldehydes is 1. The van der Waals surface area contributed by atoms with Gasteiger partial charge in [-0.15, -0.1) is 0 Å². The summed E-state index contributed by atoms with van der Waals surface area (Å²) in [5.74, 6) is 0.466. The fourth-order valence-electron chi connectivity index (χ4n) is 2.68. The number of thioether (sulfide) groups is 1. The summed E-state index contributed by atoms with van der Waals surface area (Å²) in [6.45, 7) is 3.47. The predicted octanol–water partition coefficient (Wildman–Crippen LogP) is 2.85. The van der Waals surface area contributed by atoms with Crippen molar-refractivity contribution in [3.05, 3.63) is 58.1 Å². The SMILES string of the molecule is C=N/C(=C(/C=O)SCNC(=O)c1cnc2c(c1)CCC2)c1ccco1.